The SMILES string of the molecule is COC1CC(N)C1.O=C(O)C(F)(F)F. The molecule has 7 heteroatoms. The highest BCUT2D eigenvalue weighted by molar-refractivity contribution is 5.73. The number of nitrogens with two attached hydrogens (primary N) is 1. The van der Waals surface area contributed by atoms with Gasteiger partial charge in [0.2, 0.25) is 0 Å². The maximum absolute atomic E-state index is 10.6. The Morgan fingerprint density at radius 1 is 1.50 bits per heavy atom. The van der Waals surface area contributed by atoms with Crippen LogP contribution in [0.1, 0.15) is 12.8 Å². The van der Waals surface area contributed by atoms with Crippen molar-refractivity contribution in [3.63, 3.8) is 0 Å². The van der Waals surface area contributed by atoms with Crippen LogP contribution in [-0.4, -0.2) is 36.5 Å². The van der Waals surface area contributed by atoms with Crippen molar-refractivity contribution in [1.82, 2.24) is 0 Å². The maximum Gasteiger partial charge on any atom is 0.490 e. The van der Waals surface area contributed by atoms with E-state index in [9.17, 15) is 13.2 Å². The standard InChI is InChI=1S/C5H11NO.C2HF3O2/c1-7-5-2-4(6)3-5;3-2(4,5)1(6)7/h4-5H,2-3,6H2,1H3;(H,6,7). The summed E-state index contributed by atoms with van der Waals surface area (Å²) in [5.41, 5.74) is 5.46. The van der Waals surface area contributed by atoms with Crippen molar-refractivity contribution in [2.75, 3.05) is 7.11 Å². The van der Waals surface area contributed by atoms with Gasteiger partial charge in [-0.2, -0.15) is 13.2 Å². The van der Waals surface area contributed by atoms with Gasteiger partial charge in [-0.1, -0.05) is 0 Å². The summed E-state index contributed by atoms with van der Waals surface area (Å²) in [5, 5.41) is 7.12. The number of methoxy groups -OCH3 is 1. The number of carbonyl (C=O) groups is 1. The molecule has 14 heavy (non-hydrogen) atoms. The van der Waals surface area contributed by atoms with Crippen LogP contribution in [0.2, 0.25) is 0 Å². The van der Waals surface area contributed by atoms with E-state index in [1.54, 1.807) is 7.11 Å². The molecule has 0 aromatic rings. The molecule has 0 spiro atoms. The summed E-state index contributed by atoms with van der Waals surface area (Å²) in [7, 11) is 1.73. The van der Waals surface area contributed by atoms with Gasteiger partial charge in [0.05, 0.1) is 6.10 Å². The minimum absolute atomic E-state index is 0.421. The van der Waals surface area contributed by atoms with Crippen molar-refractivity contribution in [2.45, 2.75) is 31.2 Å². The number of hydrogen-bond acceptors (Lipinski definition) is 3. The number of aliphatic carboxylic acids is 1. The first-order valence-electron chi connectivity index (χ1n) is 3.85. The van der Waals surface area contributed by atoms with E-state index in [1.165, 1.54) is 0 Å². The fourth-order valence-corrected chi connectivity index (χ4v) is 0.799. The fraction of sp³-hybridized carbons (Fsp3) is 0.857. The molecule has 4 nitrogen and oxygen atoms in total. The van der Waals surface area contributed by atoms with Gasteiger partial charge in [0.1, 0.15) is 0 Å². The Morgan fingerprint density at radius 3 is 1.93 bits per heavy atom. The lowest BCUT2D eigenvalue weighted by atomic mass is 9.90. The van der Waals surface area contributed by atoms with E-state index >= 15 is 0 Å². The molecule has 0 atom stereocenters. The predicted octanol–water partition coefficient (Wildman–Crippen LogP) is 0.756. The fourth-order valence-electron chi connectivity index (χ4n) is 0.799. The monoisotopic (exact) mass is 215 g/mol. The van der Waals surface area contributed by atoms with E-state index in [0.717, 1.165) is 12.8 Å². The second kappa shape index (κ2) is 5.16. The number of hydrogen-bond donors (Lipinski definition) is 2. The van der Waals surface area contributed by atoms with Gasteiger partial charge >= 0.3 is 12.1 Å². The van der Waals surface area contributed by atoms with Crippen molar-refractivity contribution >= 4 is 5.97 Å². The summed E-state index contributed by atoms with van der Waals surface area (Å²) in [6, 6.07) is 0.421. The average Bonchev–Trinajstić information content (AvgIpc) is 1.98. The van der Waals surface area contributed by atoms with Crippen LogP contribution in [0.4, 0.5) is 13.2 Å². The Bertz CT molecular complexity index is 189. The van der Waals surface area contributed by atoms with Crippen LogP contribution in [0.15, 0.2) is 0 Å². The molecule has 1 saturated carbocycles. The molecule has 0 aromatic carbocycles. The van der Waals surface area contributed by atoms with Gasteiger partial charge < -0.3 is 15.6 Å². The Labute approximate surface area is 78.8 Å². The van der Waals surface area contributed by atoms with E-state index < -0.39 is 12.1 Å². The van der Waals surface area contributed by atoms with Crippen LogP contribution in [0.5, 0.6) is 0 Å². The number of rotatable bonds is 1. The first-order chi connectivity index (χ1) is 6.27. The topological polar surface area (TPSA) is 72.5 Å². The zero-order valence-electron chi connectivity index (χ0n) is 7.54. The average molecular weight is 215 g/mol. The highest BCUT2D eigenvalue weighted by Crippen LogP contribution is 2.19. The van der Waals surface area contributed by atoms with Crippen molar-refractivity contribution in [2.24, 2.45) is 5.73 Å². The number of ether oxygens (including phenoxy) is 1. The lowest BCUT2D eigenvalue weighted by Gasteiger charge is -2.30. The van der Waals surface area contributed by atoms with E-state index in [4.69, 9.17) is 20.4 Å². The van der Waals surface area contributed by atoms with Crippen molar-refractivity contribution in [3.05, 3.63) is 0 Å². The van der Waals surface area contributed by atoms with Gasteiger partial charge in [0.15, 0.2) is 0 Å². The molecular formula is C7H12F3NO3. The molecule has 0 radical (unpaired) electrons. The zero-order chi connectivity index (χ0) is 11.4. The molecule has 0 heterocycles. The zero-order valence-corrected chi connectivity index (χ0v) is 7.54. The molecule has 0 aromatic heterocycles. The van der Waals surface area contributed by atoms with Crippen LogP contribution in [-0.2, 0) is 9.53 Å². The highest BCUT2D eigenvalue weighted by atomic mass is 19.4. The van der Waals surface area contributed by atoms with E-state index in [0.29, 0.717) is 12.1 Å². The van der Waals surface area contributed by atoms with Crippen LogP contribution < -0.4 is 5.73 Å². The first kappa shape index (κ1) is 13.2. The van der Waals surface area contributed by atoms with Gasteiger partial charge in [-0.25, -0.2) is 4.79 Å². The smallest absolute Gasteiger partial charge is 0.475 e. The minimum Gasteiger partial charge on any atom is -0.475 e. The predicted molar refractivity (Wildman–Crippen MR) is 41.7 cm³/mol. The van der Waals surface area contributed by atoms with Crippen LogP contribution in [0.3, 0.4) is 0 Å². The van der Waals surface area contributed by atoms with Gasteiger partial charge in [0.25, 0.3) is 0 Å². The molecule has 1 aliphatic rings. The van der Waals surface area contributed by atoms with Crippen LogP contribution in [0.25, 0.3) is 0 Å². The van der Waals surface area contributed by atoms with Gasteiger partial charge in [-0.15, -0.1) is 0 Å². The number of carboxylic acids is 1. The Morgan fingerprint density at radius 2 is 1.86 bits per heavy atom. The van der Waals surface area contributed by atoms with E-state index in [1.807, 2.05) is 0 Å². The summed E-state index contributed by atoms with van der Waals surface area (Å²) in [6.07, 6.45) is -2.51. The maximum atomic E-state index is 10.6. The summed E-state index contributed by atoms with van der Waals surface area (Å²) in [6.45, 7) is 0. The number of carboxylic acid groups (broad SMARTS) is 1. The quantitative estimate of drug-likeness (QED) is 0.677. The summed E-state index contributed by atoms with van der Waals surface area (Å²) >= 11 is 0. The normalized spacial score (nSPS) is 25.8. The second-order valence-electron chi connectivity index (χ2n) is 2.89. The third-order valence-electron chi connectivity index (χ3n) is 1.71. The largest absolute Gasteiger partial charge is 0.490 e. The number of alkyl halides is 3. The number of halogens is 3. The summed E-state index contributed by atoms with van der Waals surface area (Å²) in [4.78, 5) is 8.90. The Balaban J connectivity index is 0.000000241. The molecule has 0 aliphatic heterocycles. The molecule has 0 unspecified atom stereocenters. The minimum atomic E-state index is -5.08. The highest BCUT2D eigenvalue weighted by Gasteiger charge is 2.38. The van der Waals surface area contributed by atoms with Gasteiger partial charge in [-0.3, -0.25) is 0 Å². The lowest BCUT2D eigenvalue weighted by molar-refractivity contribution is -0.192. The van der Waals surface area contributed by atoms with Gasteiger partial charge in [0, 0.05) is 13.2 Å². The molecule has 0 amide bonds. The third-order valence-corrected chi connectivity index (χ3v) is 1.71. The van der Waals surface area contributed by atoms with Crippen molar-refractivity contribution in [3.8, 4) is 0 Å². The third kappa shape index (κ3) is 5.03. The van der Waals surface area contributed by atoms with Crippen molar-refractivity contribution in [1.29, 1.82) is 0 Å². The first-order valence-corrected chi connectivity index (χ1v) is 3.85. The molecule has 1 rings (SSSR count). The molecule has 1 fully saturated rings. The van der Waals surface area contributed by atoms with Crippen LogP contribution in [0, 0.1) is 0 Å². The van der Waals surface area contributed by atoms with Crippen molar-refractivity contribution < 1.29 is 27.8 Å². The Kier molecular flexibility index (Phi) is 4.86. The summed E-state index contributed by atoms with van der Waals surface area (Å²) < 4.78 is 36.7. The molecule has 0 saturated heterocycles. The Hall–Kier alpha value is -0.820. The molecule has 3 N–H and O–H groups in total. The second-order valence-corrected chi connectivity index (χ2v) is 2.89. The van der Waals surface area contributed by atoms with E-state index in [-0.39, 0.29) is 0 Å². The van der Waals surface area contributed by atoms with Crippen LogP contribution >= 0.6 is 0 Å². The van der Waals surface area contributed by atoms with E-state index in [2.05, 4.69) is 0 Å². The lowest BCUT2D eigenvalue weighted by Crippen LogP contribution is -2.40. The molecular weight excluding hydrogens is 203 g/mol. The van der Waals surface area contributed by atoms with Gasteiger partial charge in [-0.05, 0) is 12.8 Å². The molecule has 84 valence electrons. The molecule has 0 bridgehead atoms. The molecule has 1 aliphatic carbocycles. The summed E-state index contributed by atoms with van der Waals surface area (Å²) in [5.74, 6) is -2.76.